The van der Waals surface area contributed by atoms with Crippen molar-refractivity contribution in [3.05, 3.63) is 104 Å². The lowest BCUT2D eigenvalue weighted by Gasteiger charge is -2.17. The van der Waals surface area contributed by atoms with E-state index in [9.17, 15) is 27.6 Å². The quantitative estimate of drug-likeness (QED) is 0.432. The van der Waals surface area contributed by atoms with Crippen LogP contribution in [0.2, 0.25) is 0 Å². The fourth-order valence-corrected chi connectivity index (χ4v) is 4.70. The van der Waals surface area contributed by atoms with Crippen molar-refractivity contribution in [1.29, 1.82) is 0 Å². The molecule has 1 saturated heterocycles. The van der Waals surface area contributed by atoms with Gasteiger partial charge in [-0.2, -0.15) is 17.7 Å². The Morgan fingerprint density at radius 1 is 0.974 bits per heavy atom. The van der Waals surface area contributed by atoms with Gasteiger partial charge in [0.2, 0.25) is 0 Å². The van der Waals surface area contributed by atoms with Crippen molar-refractivity contribution in [1.82, 2.24) is 14.0 Å². The van der Waals surface area contributed by atoms with E-state index in [1.54, 1.807) is 49.4 Å². The van der Waals surface area contributed by atoms with Crippen LogP contribution in [0.1, 0.15) is 53.7 Å². The first-order valence-electron chi connectivity index (χ1n) is 12.9. The number of hydrogen-bond donors (Lipinski definition) is 0. The van der Waals surface area contributed by atoms with Crippen molar-refractivity contribution in [2.45, 2.75) is 52.8 Å². The zero-order valence-electron chi connectivity index (χ0n) is 22.0. The Bertz CT molecular complexity index is 1330. The largest absolute Gasteiger partial charge is 0.416 e. The van der Waals surface area contributed by atoms with Gasteiger partial charge in [0.15, 0.2) is 0 Å². The molecule has 1 unspecified atom stereocenters. The van der Waals surface area contributed by atoms with Gasteiger partial charge in [-0.1, -0.05) is 44.2 Å². The number of aryl methyl sites for hydroxylation is 2. The number of aromatic nitrogens is 2. The minimum atomic E-state index is -4.33. The van der Waals surface area contributed by atoms with E-state index in [1.165, 1.54) is 10.8 Å². The molecular weight excluding hydrogens is 495 g/mol. The molecule has 2 aromatic carbocycles. The molecule has 6 nitrogen and oxygen atoms in total. The van der Waals surface area contributed by atoms with Gasteiger partial charge in [0.05, 0.1) is 5.56 Å². The lowest BCUT2D eigenvalue weighted by molar-refractivity contribution is -0.137. The van der Waals surface area contributed by atoms with E-state index >= 15 is 0 Å². The van der Waals surface area contributed by atoms with Gasteiger partial charge >= 0.3 is 11.9 Å². The number of alkyl halides is 3. The third-order valence-corrected chi connectivity index (χ3v) is 6.60. The summed E-state index contributed by atoms with van der Waals surface area (Å²) in [6, 6.07) is 13.6. The first-order chi connectivity index (χ1) is 18.1. The van der Waals surface area contributed by atoms with Gasteiger partial charge in [-0.15, -0.1) is 0 Å². The maximum absolute atomic E-state index is 12.9. The SMILES string of the molecule is CC.Cc1cn(CCCN2CCC(Cc3ccc(C(F)(F)F)cc3)C2)c(=O)n(C(=O)c2ccccc2)c1=O. The second-order valence-corrected chi connectivity index (χ2v) is 9.31. The molecule has 0 spiro atoms. The zero-order chi connectivity index (χ0) is 27.9. The molecule has 3 aromatic rings. The third-order valence-electron chi connectivity index (χ3n) is 6.60. The molecule has 0 aliphatic carbocycles. The Hall–Kier alpha value is -3.46. The van der Waals surface area contributed by atoms with Gasteiger partial charge < -0.3 is 4.90 Å². The molecule has 1 fully saturated rings. The van der Waals surface area contributed by atoms with Crippen LogP contribution in [0.5, 0.6) is 0 Å². The van der Waals surface area contributed by atoms with E-state index in [1.807, 2.05) is 13.8 Å². The summed E-state index contributed by atoms with van der Waals surface area (Å²) in [5, 5.41) is 0. The van der Waals surface area contributed by atoms with Crippen LogP contribution in [0.4, 0.5) is 13.2 Å². The summed E-state index contributed by atoms with van der Waals surface area (Å²) in [6.07, 6.45) is -0.497. The summed E-state index contributed by atoms with van der Waals surface area (Å²) < 4.78 is 40.4. The minimum Gasteiger partial charge on any atom is -0.303 e. The Kier molecular flexibility index (Phi) is 9.85. The average Bonchev–Trinajstić information content (AvgIpc) is 3.35. The topological polar surface area (TPSA) is 64.3 Å². The molecular formula is C29H34F3N3O3. The molecule has 0 saturated carbocycles. The predicted octanol–water partition coefficient (Wildman–Crippen LogP) is 5.01. The molecule has 1 aromatic heterocycles. The molecule has 0 amide bonds. The van der Waals surface area contributed by atoms with Gasteiger partial charge in [0, 0.05) is 30.4 Å². The number of nitrogens with zero attached hydrogens (tertiary/aromatic N) is 3. The molecule has 0 N–H and O–H groups in total. The predicted molar refractivity (Wildman–Crippen MR) is 142 cm³/mol. The van der Waals surface area contributed by atoms with Crippen LogP contribution in [0.25, 0.3) is 0 Å². The number of rotatable bonds is 7. The summed E-state index contributed by atoms with van der Waals surface area (Å²) in [4.78, 5) is 40.6. The summed E-state index contributed by atoms with van der Waals surface area (Å²) >= 11 is 0. The standard InChI is InChI=1S/C27H28F3N3O3.C2H6/c1-19-17-32(26(36)33(24(19)34)25(35)22-6-3-2-4-7-22)14-5-13-31-15-12-21(18-31)16-20-8-10-23(11-9-20)27(28,29)30;1-2/h2-4,6-11,17,21H,5,12-16,18H2,1H3;1-2H3. The Morgan fingerprint density at radius 2 is 1.63 bits per heavy atom. The van der Waals surface area contributed by atoms with E-state index in [0.29, 0.717) is 29.0 Å². The number of carbonyl (C=O) groups excluding carboxylic acids is 1. The highest BCUT2D eigenvalue weighted by Crippen LogP contribution is 2.30. The summed E-state index contributed by atoms with van der Waals surface area (Å²) in [6.45, 7) is 8.40. The van der Waals surface area contributed by atoms with Gasteiger partial charge in [-0.25, -0.2) is 4.79 Å². The molecule has 1 atom stereocenters. The molecule has 9 heteroatoms. The van der Waals surface area contributed by atoms with E-state index < -0.39 is 28.9 Å². The number of benzene rings is 2. The first-order valence-corrected chi connectivity index (χ1v) is 12.9. The molecule has 204 valence electrons. The Labute approximate surface area is 220 Å². The fraction of sp³-hybridized carbons (Fsp3) is 0.414. The third kappa shape index (κ3) is 7.10. The normalized spacial score (nSPS) is 15.7. The van der Waals surface area contributed by atoms with Crippen LogP contribution in [0, 0.1) is 12.8 Å². The van der Waals surface area contributed by atoms with Crippen LogP contribution in [0.3, 0.4) is 0 Å². The second-order valence-electron chi connectivity index (χ2n) is 9.31. The van der Waals surface area contributed by atoms with Crippen molar-refractivity contribution in [3.63, 3.8) is 0 Å². The maximum Gasteiger partial charge on any atom is 0.416 e. The number of carbonyl (C=O) groups is 1. The highest BCUT2D eigenvalue weighted by molar-refractivity contribution is 5.95. The van der Waals surface area contributed by atoms with E-state index in [4.69, 9.17) is 0 Å². The van der Waals surface area contributed by atoms with Gasteiger partial charge in [-0.3, -0.25) is 14.2 Å². The van der Waals surface area contributed by atoms with Crippen LogP contribution in [0.15, 0.2) is 70.4 Å². The Balaban J connectivity index is 0.00000195. The summed E-state index contributed by atoms with van der Waals surface area (Å²) in [7, 11) is 0. The molecule has 1 aliphatic rings. The number of likely N-dealkylation sites (tertiary alicyclic amines) is 1. The van der Waals surface area contributed by atoms with E-state index in [-0.39, 0.29) is 5.56 Å². The van der Waals surface area contributed by atoms with Crippen LogP contribution < -0.4 is 11.2 Å². The van der Waals surface area contributed by atoms with Crippen molar-refractivity contribution >= 4 is 5.91 Å². The highest BCUT2D eigenvalue weighted by Gasteiger charge is 2.30. The summed E-state index contributed by atoms with van der Waals surface area (Å²) in [5.74, 6) is -0.286. The summed E-state index contributed by atoms with van der Waals surface area (Å²) in [5.41, 5.74) is -0.428. The smallest absolute Gasteiger partial charge is 0.303 e. The van der Waals surface area contributed by atoms with Crippen LogP contribution in [-0.4, -0.2) is 39.6 Å². The van der Waals surface area contributed by atoms with Gasteiger partial charge in [0.25, 0.3) is 11.5 Å². The van der Waals surface area contributed by atoms with Crippen LogP contribution >= 0.6 is 0 Å². The monoisotopic (exact) mass is 529 g/mol. The van der Waals surface area contributed by atoms with Crippen molar-refractivity contribution in [2.24, 2.45) is 5.92 Å². The molecule has 0 bridgehead atoms. The minimum absolute atomic E-state index is 0.269. The molecule has 0 radical (unpaired) electrons. The molecule has 38 heavy (non-hydrogen) atoms. The molecule has 2 heterocycles. The number of halogens is 3. The maximum atomic E-state index is 12.9. The van der Waals surface area contributed by atoms with Crippen molar-refractivity contribution in [3.8, 4) is 0 Å². The van der Waals surface area contributed by atoms with Gasteiger partial charge in [0.1, 0.15) is 0 Å². The Morgan fingerprint density at radius 3 is 2.26 bits per heavy atom. The van der Waals surface area contributed by atoms with E-state index in [2.05, 4.69) is 4.90 Å². The van der Waals surface area contributed by atoms with Crippen molar-refractivity contribution < 1.29 is 18.0 Å². The first kappa shape index (κ1) is 29.1. The second kappa shape index (κ2) is 12.9. The lowest BCUT2D eigenvalue weighted by Crippen LogP contribution is -2.44. The zero-order valence-corrected chi connectivity index (χ0v) is 22.0. The van der Waals surface area contributed by atoms with Gasteiger partial charge in [-0.05, 0) is 75.0 Å². The highest BCUT2D eigenvalue weighted by atomic mass is 19.4. The van der Waals surface area contributed by atoms with E-state index in [0.717, 1.165) is 50.2 Å². The van der Waals surface area contributed by atoms with Crippen LogP contribution in [-0.2, 0) is 19.1 Å². The fourth-order valence-electron chi connectivity index (χ4n) is 4.70. The lowest BCUT2D eigenvalue weighted by atomic mass is 9.98. The average molecular weight is 530 g/mol. The van der Waals surface area contributed by atoms with Crippen molar-refractivity contribution in [2.75, 3.05) is 19.6 Å². The molecule has 1 aliphatic heterocycles. The number of hydrogen-bond acceptors (Lipinski definition) is 4. The molecule has 4 rings (SSSR count).